The molecule has 3 saturated heterocycles. The second-order valence-electron chi connectivity index (χ2n) is 7.08. The van der Waals surface area contributed by atoms with E-state index in [-0.39, 0.29) is 12.4 Å². The third kappa shape index (κ3) is 3.24. The lowest BCUT2D eigenvalue weighted by atomic mass is 9.91. The summed E-state index contributed by atoms with van der Waals surface area (Å²) in [6.07, 6.45) is 2.29. The van der Waals surface area contributed by atoms with Crippen molar-refractivity contribution < 1.29 is 14.7 Å². The number of anilines is 1. The molecule has 8 heteroatoms. The summed E-state index contributed by atoms with van der Waals surface area (Å²) < 4.78 is 0. The van der Waals surface area contributed by atoms with Crippen molar-refractivity contribution >= 4 is 29.0 Å². The molecule has 1 aromatic carbocycles. The number of hydrogen-bond acceptors (Lipinski definition) is 5. The number of piperidine rings is 2. The molecule has 3 aliphatic rings. The first kappa shape index (κ1) is 18.2. The van der Waals surface area contributed by atoms with Crippen LogP contribution in [0.15, 0.2) is 18.2 Å². The molecule has 3 aliphatic heterocycles. The average Bonchev–Trinajstić information content (AvgIpc) is 3.05. The minimum absolute atomic E-state index is 0.0648. The molecule has 2 bridgehead atoms. The van der Waals surface area contributed by atoms with Gasteiger partial charge in [-0.05, 0) is 38.1 Å². The number of piperazine rings is 1. The van der Waals surface area contributed by atoms with Crippen molar-refractivity contribution in [3.05, 3.63) is 23.9 Å². The fourth-order valence-electron chi connectivity index (χ4n) is 3.87. The Morgan fingerprint density at radius 2 is 2.00 bits per heavy atom. The number of fused-ring (bicyclic) bond motifs is 4. The van der Waals surface area contributed by atoms with Crippen molar-refractivity contribution in [1.82, 2.24) is 20.0 Å². The zero-order chi connectivity index (χ0) is 18.8. The number of nitrogens with one attached hydrogen (secondary N) is 1. The number of likely N-dealkylation sites (N-methyl/N-ethyl adjacent to an activating group) is 1. The molecule has 1 amide bonds. The summed E-state index contributed by atoms with van der Waals surface area (Å²) in [7, 11) is 6.16. The first-order valence-electron chi connectivity index (χ1n) is 8.70. The van der Waals surface area contributed by atoms with E-state index in [4.69, 9.17) is 9.90 Å². The number of carboxylic acid groups (broad SMARTS) is 1. The number of benzene rings is 1. The molecule has 0 saturated carbocycles. The molecule has 4 heterocycles. The normalized spacial score (nSPS) is 22.0. The zero-order valence-corrected chi connectivity index (χ0v) is 15.3. The molecule has 2 atom stereocenters. The third-order valence-corrected chi connectivity index (χ3v) is 5.33. The first-order valence-corrected chi connectivity index (χ1v) is 8.70. The number of nitrogens with zero attached hydrogens (tertiary/aromatic N) is 4. The van der Waals surface area contributed by atoms with Gasteiger partial charge in [0.15, 0.2) is 5.69 Å². The van der Waals surface area contributed by atoms with Crippen molar-refractivity contribution in [3.8, 4) is 0 Å². The van der Waals surface area contributed by atoms with Gasteiger partial charge in [-0.3, -0.25) is 19.6 Å². The highest BCUT2D eigenvalue weighted by Gasteiger charge is 2.40. The van der Waals surface area contributed by atoms with Crippen LogP contribution in [0, 0.1) is 0 Å². The van der Waals surface area contributed by atoms with Gasteiger partial charge in [0.1, 0.15) is 0 Å². The predicted octanol–water partition coefficient (Wildman–Crippen LogP) is 1.25. The van der Waals surface area contributed by atoms with E-state index in [0.717, 1.165) is 36.1 Å². The van der Waals surface area contributed by atoms with Gasteiger partial charge in [-0.25, -0.2) is 0 Å². The standard InChI is InChI=1S/C17H23N5O.CH2O2/c1-20(2)11-6-7-15-14(8-11)16(19-18-15)17(23)22-10-12-4-5-13(22)9-21(12)3;2-1-3/h6-8,12-13H,4-5,9-10H2,1-3H3,(H,18,19);1H,(H,2,3). The molecular weight excluding hydrogens is 334 g/mol. The lowest BCUT2D eigenvalue weighted by Gasteiger charge is -2.50. The van der Waals surface area contributed by atoms with E-state index >= 15 is 0 Å². The van der Waals surface area contributed by atoms with E-state index in [1.165, 1.54) is 6.42 Å². The quantitative estimate of drug-likeness (QED) is 0.784. The number of aromatic nitrogens is 2. The van der Waals surface area contributed by atoms with Crippen LogP contribution < -0.4 is 4.90 Å². The highest BCUT2D eigenvalue weighted by molar-refractivity contribution is 6.05. The molecule has 1 aromatic heterocycles. The van der Waals surface area contributed by atoms with Gasteiger partial charge in [0.2, 0.25) is 0 Å². The van der Waals surface area contributed by atoms with Gasteiger partial charge < -0.3 is 14.9 Å². The van der Waals surface area contributed by atoms with Crippen molar-refractivity contribution in [2.75, 3.05) is 39.1 Å². The van der Waals surface area contributed by atoms with E-state index in [9.17, 15) is 4.79 Å². The molecule has 2 aromatic rings. The van der Waals surface area contributed by atoms with E-state index in [1.807, 2.05) is 42.1 Å². The first-order chi connectivity index (χ1) is 12.5. The second-order valence-corrected chi connectivity index (χ2v) is 7.08. The van der Waals surface area contributed by atoms with Crippen LogP contribution in [0.1, 0.15) is 23.3 Å². The average molecular weight is 359 g/mol. The van der Waals surface area contributed by atoms with Crippen LogP contribution in [0.5, 0.6) is 0 Å². The van der Waals surface area contributed by atoms with Gasteiger partial charge in [0.05, 0.1) is 5.52 Å². The lowest BCUT2D eigenvalue weighted by molar-refractivity contribution is -0.122. The van der Waals surface area contributed by atoms with E-state index in [0.29, 0.717) is 17.8 Å². The van der Waals surface area contributed by atoms with Gasteiger partial charge in [-0.15, -0.1) is 0 Å². The van der Waals surface area contributed by atoms with Crippen LogP contribution in [0.25, 0.3) is 10.9 Å². The fourth-order valence-corrected chi connectivity index (χ4v) is 3.87. The monoisotopic (exact) mass is 359 g/mol. The molecule has 26 heavy (non-hydrogen) atoms. The van der Waals surface area contributed by atoms with Crippen LogP contribution >= 0.6 is 0 Å². The van der Waals surface area contributed by atoms with Crippen LogP contribution in [-0.2, 0) is 4.79 Å². The van der Waals surface area contributed by atoms with Gasteiger partial charge >= 0.3 is 0 Å². The molecule has 0 spiro atoms. The number of amides is 1. The Bertz CT molecular complexity index is 803. The van der Waals surface area contributed by atoms with Crippen LogP contribution in [-0.4, -0.2) is 83.8 Å². The molecule has 3 fully saturated rings. The number of rotatable bonds is 2. The Hall–Kier alpha value is -2.61. The Kier molecular flexibility index (Phi) is 5.13. The molecule has 0 aliphatic carbocycles. The summed E-state index contributed by atoms with van der Waals surface area (Å²) in [4.78, 5) is 27.9. The topological polar surface area (TPSA) is 92.8 Å². The third-order valence-electron chi connectivity index (χ3n) is 5.33. The van der Waals surface area contributed by atoms with Gasteiger partial charge in [0, 0.05) is 50.3 Å². The SMILES string of the molecule is CN(C)c1ccc2[nH]nc(C(=O)N3CC4CCC3CN4C)c2c1.O=CO. The fraction of sp³-hybridized carbons (Fsp3) is 0.500. The largest absolute Gasteiger partial charge is 0.483 e. The van der Waals surface area contributed by atoms with Crippen LogP contribution in [0.3, 0.4) is 0 Å². The summed E-state index contributed by atoms with van der Waals surface area (Å²) in [5.74, 6) is 0.0648. The Balaban J connectivity index is 0.000000613. The van der Waals surface area contributed by atoms with Crippen LogP contribution in [0.4, 0.5) is 5.69 Å². The highest BCUT2D eigenvalue weighted by Crippen LogP contribution is 2.30. The predicted molar refractivity (Wildman–Crippen MR) is 99.6 cm³/mol. The number of H-pyrrole nitrogens is 1. The molecule has 140 valence electrons. The number of hydrogen-bond donors (Lipinski definition) is 2. The minimum Gasteiger partial charge on any atom is -0.483 e. The highest BCUT2D eigenvalue weighted by atomic mass is 16.3. The molecule has 8 nitrogen and oxygen atoms in total. The van der Waals surface area contributed by atoms with Crippen LogP contribution in [0.2, 0.25) is 0 Å². The number of carbonyl (C=O) groups is 2. The molecular formula is C18H25N5O3. The number of carbonyl (C=O) groups excluding carboxylic acids is 1. The maximum Gasteiger partial charge on any atom is 0.290 e. The maximum atomic E-state index is 13.1. The second kappa shape index (κ2) is 7.33. The summed E-state index contributed by atoms with van der Waals surface area (Å²) in [5, 5.41) is 15.1. The Labute approximate surface area is 152 Å². The molecule has 2 unspecified atom stereocenters. The van der Waals surface area contributed by atoms with Crippen molar-refractivity contribution in [2.45, 2.75) is 24.9 Å². The zero-order valence-electron chi connectivity index (χ0n) is 15.3. The summed E-state index contributed by atoms with van der Waals surface area (Å²) >= 11 is 0. The van der Waals surface area contributed by atoms with E-state index in [2.05, 4.69) is 22.1 Å². The van der Waals surface area contributed by atoms with Gasteiger partial charge in [-0.1, -0.05) is 0 Å². The van der Waals surface area contributed by atoms with Crippen molar-refractivity contribution in [3.63, 3.8) is 0 Å². The maximum absolute atomic E-state index is 13.1. The van der Waals surface area contributed by atoms with Gasteiger partial charge in [-0.2, -0.15) is 5.10 Å². The minimum atomic E-state index is -0.250. The molecule has 2 N–H and O–H groups in total. The summed E-state index contributed by atoms with van der Waals surface area (Å²) in [6, 6.07) is 6.88. The molecule has 0 radical (unpaired) electrons. The van der Waals surface area contributed by atoms with Gasteiger partial charge in [0.25, 0.3) is 12.4 Å². The van der Waals surface area contributed by atoms with Crippen molar-refractivity contribution in [2.24, 2.45) is 0 Å². The smallest absolute Gasteiger partial charge is 0.290 e. The van der Waals surface area contributed by atoms with Crippen molar-refractivity contribution in [1.29, 1.82) is 0 Å². The molecule has 5 rings (SSSR count). The summed E-state index contributed by atoms with van der Waals surface area (Å²) in [5.41, 5.74) is 2.55. The van der Waals surface area contributed by atoms with E-state index < -0.39 is 0 Å². The Morgan fingerprint density at radius 3 is 2.58 bits per heavy atom. The summed E-state index contributed by atoms with van der Waals surface area (Å²) in [6.45, 7) is 1.55. The lowest BCUT2D eigenvalue weighted by Crippen LogP contribution is -2.62. The Morgan fingerprint density at radius 1 is 1.31 bits per heavy atom. The number of aromatic amines is 1. The van der Waals surface area contributed by atoms with E-state index in [1.54, 1.807) is 0 Å².